The molecule has 4 rings (SSSR count). The van der Waals surface area contributed by atoms with Crippen molar-refractivity contribution in [3.05, 3.63) is 42.5 Å². The van der Waals surface area contributed by atoms with Crippen molar-refractivity contribution in [3.8, 4) is 0 Å². The fraction of sp³-hybridized carbons (Fsp3) is 0. The molecule has 6 heteroatoms. The molecule has 2 heterocycles. The third-order valence-electron chi connectivity index (χ3n) is 2.92. The molecule has 0 aliphatic heterocycles. The van der Waals surface area contributed by atoms with Gasteiger partial charge >= 0.3 is 6.01 Å². The van der Waals surface area contributed by atoms with Crippen LogP contribution >= 0.6 is 11.3 Å². The lowest BCUT2D eigenvalue weighted by Gasteiger charge is -1.92. The van der Waals surface area contributed by atoms with E-state index >= 15 is 0 Å². The van der Waals surface area contributed by atoms with E-state index in [1.54, 1.807) is 0 Å². The van der Waals surface area contributed by atoms with Crippen LogP contribution in [0.25, 0.3) is 21.3 Å². The SMILES string of the molecule is Nc1ccc2nc(Nc3nc4ccccc4o3)sc2c1. The fourth-order valence-electron chi connectivity index (χ4n) is 2.01. The summed E-state index contributed by atoms with van der Waals surface area (Å²) in [7, 11) is 0. The van der Waals surface area contributed by atoms with Gasteiger partial charge in [-0.15, -0.1) is 0 Å². The second-order valence-electron chi connectivity index (χ2n) is 4.36. The Labute approximate surface area is 118 Å². The highest BCUT2D eigenvalue weighted by atomic mass is 32.1. The maximum Gasteiger partial charge on any atom is 0.302 e. The average Bonchev–Trinajstić information content (AvgIpc) is 3.00. The summed E-state index contributed by atoms with van der Waals surface area (Å²) in [6.45, 7) is 0. The number of benzene rings is 2. The third-order valence-corrected chi connectivity index (χ3v) is 3.85. The van der Waals surface area contributed by atoms with Crippen molar-refractivity contribution in [3.63, 3.8) is 0 Å². The summed E-state index contributed by atoms with van der Waals surface area (Å²) in [6.07, 6.45) is 0. The van der Waals surface area contributed by atoms with Gasteiger partial charge in [-0.3, -0.25) is 5.32 Å². The summed E-state index contributed by atoms with van der Waals surface area (Å²) in [4.78, 5) is 8.83. The van der Waals surface area contributed by atoms with E-state index < -0.39 is 0 Å². The molecule has 0 spiro atoms. The first kappa shape index (κ1) is 11.2. The van der Waals surface area contributed by atoms with Gasteiger partial charge in [0.15, 0.2) is 10.7 Å². The van der Waals surface area contributed by atoms with Crippen LogP contribution in [0.3, 0.4) is 0 Å². The van der Waals surface area contributed by atoms with Gasteiger partial charge in [0.05, 0.1) is 10.2 Å². The molecule has 0 fully saturated rings. The molecule has 2 aromatic heterocycles. The van der Waals surface area contributed by atoms with E-state index in [0.717, 1.165) is 32.1 Å². The van der Waals surface area contributed by atoms with Gasteiger partial charge in [-0.25, -0.2) is 4.98 Å². The first-order valence-electron chi connectivity index (χ1n) is 6.06. The molecule has 0 unspecified atom stereocenters. The molecule has 98 valence electrons. The lowest BCUT2D eigenvalue weighted by molar-refractivity contribution is 0.623. The van der Waals surface area contributed by atoms with Gasteiger partial charge in [0, 0.05) is 5.69 Å². The van der Waals surface area contributed by atoms with Crippen molar-refractivity contribution in [1.29, 1.82) is 0 Å². The van der Waals surface area contributed by atoms with Gasteiger partial charge in [0.2, 0.25) is 0 Å². The zero-order valence-corrected chi connectivity index (χ0v) is 11.1. The zero-order chi connectivity index (χ0) is 13.5. The average molecular weight is 282 g/mol. The normalized spacial score (nSPS) is 11.2. The minimum Gasteiger partial charge on any atom is -0.423 e. The van der Waals surface area contributed by atoms with Crippen LogP contribution in [-0.2, 0) is 0 Å². The summed E-state index contributed by atoms with van der Waals surface area (Å²) >= 11 is 1.51. The van der Waals surface area contributed by atoms with Crippen LogP contribution in [-0.4, -0.2) is 9.97 Å². The van der Waals surface area contributed by atoms with Crippen molar-refractivity contribution >= 4 is 49.5 Å². The molecule has 0 atom stereocenters. The van der Waals surface area contributed by atoms with Crippen LogP contribution < -0.4 is 11.1 Å². The first-order chi connectivity index (χ1) is 9.78. The number of hydrogen-bond donors (Lipinski definition) is 2. The molecule has 0 amide bonds. The number of nitrogens with two attached hydrogens (primary N) is 1. The van der Waals surface area contributed by atoms with Gasteiger partial charge in [-0.1, -0.05) is 23.5 Å². The van der Waals surface area contributed by atoms with E-state index in [9.17, 15) is 0 Å². The summed E-state index contributed by atoms with van der Waals surface area (Å²) in [6, 6.07) is 13.7. The van der Waals surface area contributed by atoms with E-state index in [1.165, 1.54) is 11.3 Å². The van der Waals surface area contributed by atoms with E-state index in [2.05, 4.69) is 15.3 Å². The Bertz CT molecular complexity index is 879. The molecule has 5 nitrogen and oxygen atoms in total. The minimum absolute atomic E-state index is 0.443. The molecule has 0 saturated carbocycles. The van der Waals surface area contributed by atoms with E-state index in [0.29, 0.717) is 6.01 Å². The van der Waals surface area contributed by atoms with Gasteiger partial charge in [-0.2, -0.15) is 4.98 Å². The fourth-order valence-corrected chi connectivity index (χ4v) is 2.92. The Hall–Kier alpha value is -2.60. The van der Waals surface area contributed by atoms with Gasteiger partial charge in [0.1, 0.15) is 5.52 Å². The maximum atomic E-state index is 5.76. The number of fused-ring (bicyclic) bond motifs is 2. The molecule has 4 aromatic rings. The first-order valence-corrected chi connectivity index (χ1v) is 6.88. The van der Waals surface area contributed by atoms with E-state index in [-0.39, 0.29) is 0 Å². The highest BCUT2D eigenvalue weighted by molar-refractivity contribution is 7.22. The highest BCUT2D eigenvalue weighted by Crippen LogP contribution is 2.30. The van der Waals surface area contributed by atoms with Crippen molar-refractivity contribution in [2.45, 2.75) is 0 Å². The zero-order valence-electron chi connectivity index (χ0n) is 10.3. The molecule has 0 bridgehead atoms. The standard InChI is InChI=1S/C14H10N4OS/c15-8-5-6-10-12(7-8)20-14(17-10)18-13-16-9-3-1-2-4-11(9)19-13/h1-7H,15H2,(H,16,17,18). The summed E-state index contributed by atoms with van der Waals surface area (Å²) in [5, 5.41) is 3.82. The summed E-state index contributed by atoms with van der Waals surface area (Å²) < 4.78 is 6.64. The number of para-hydroxylation sites is 2. The number of anilines is 3. The second kappa shape index (κ2) is 4.21. The number of thiazole rings is 1. The maximum absolute atomic E-state index is 5.76. The van der Waals surface area contributed by atoms with Gasteiger partial charge < -0.3 is 10.2 Å². The molecule has 20 heavy (non-hydrogen) atoms. The second-order valence-corrected chi connectivity index (χ2v) is 5.39. The summed E-state index contributed by atoms with van der Waals surface area (Å²) in [5.74, 6) is 0. The lowest BCUT2D eigenvalue weighted by Crippen LogP contribution is -1.88. The number of hydrogen-bond acceptors (Lipinski definition) is 6. The quantitative estimate of drug-likeness (QED) is 0.547. The van der Waals surface area contributed by atoms with Crippen molar-refractivity contribution in [2.75, 3.05) is 11.1 Å². The molecule has 0 radical (unpaired) electrons. The van der Waals surface area contributed by atoms with E-state index in [1.807, 2.05) is 42.5 Å². The van der Waals surface area contributed by atoms with Crippen molar-refractivity contribution in [1.82, 2.24) is 9.97 Å². The molecule has 2 aromatic carbocycles. The Balaban J connectivity index is 1.72. The van der Waals surface area contributed by atoms with Gasteiger partial charge in [0.25, 0.3) is 0 Å². The Morgan fingerprint density at radius 3 is 2.85 bits per heavy atom. The van der Waals surface area contributed by atoms with Gasteiger partial charge in [-0.05, 0) is 30.3 Å². The van der Waals surface area contributed by atoms with Crippen molar-refractivity contribution < 1.29 is 4.42 Å². The van der Waals surface area contributed by atoms with Crippen LogP contribution in [0.5, 0.6) is 0 Å². The number of oxazole rings is 1. The number of nitrogen functional groups attached to an aromatic ring is 1. The topological polar surface area (TPSA) is 77.0 Å². The molecule has 0 aliphatic carbocycles. The number of aromatic nitrogens is 2. The predicted octanol–water partition coefficient (Wildman–Crippen LogP) is 3.76. The third kappa shape index (κ3) is 1.86. The molecular formula is C14H10N4OS. The Morgan fingerprint density at radius 1 is 1.05 bits per heavy atom. The van der Waals surface area contributed by atoms with E-state index in [4.69, 9.17) is 10.2 Å². The Morgan fingerprint density at radius 2 is 1.95 bits per heavy atom. The number of nitrogens with one attached hydrogen (secondary N) is 1. The van der Waals surface area contributed by atoms with Crippen LogP contribution in [0.2, 0.25) is 0 Å². The largest absolute Gasteiger partial charge is 0.423 e. The molecule has 0 aliphatic rings. The predicted molar refractivity (Wildman–Crippen MR) is 81.3 cm³/mol. The summed E-state index contributed by atoms with van der Waals surface area (Å²) in [5.41, 5.74) is 8.97. The van der Waals surface area contributed by atoms with Crippen LogP contribution in [0.1, 0.15) is 0 Å². The van der Waals surface area contributed by atoms with Crippen LogP contribution in [0.15, 0.2) is 46.9 Å². The minimum atomic E-state index is 0.443. The van der Waals surface area contributed by atoms with Crippen LogP contribution in [0.4, 0.5) is 16.8 Å². The highest BCUT2D eigenvalue weighted by Gasteiger charge is 2.09. The monoisotopic (exact) mass is 282 g/mol. The number of rotatable bonds is 2. The number of nitrogens with zero attached hydrogens (tertiary/aromatic N) is 2. The molecular weight excluding hydrogens is 272 g/mol. The van der Waals surface area contributed by atoms with Crippen molar-refractivity contribution in [2.24, 2.45) is 0 Å². The smallest absolute Gasteiger partial charge is 0.302 e. The lowest BCUT2D eigenvalue weighted by atomic mass is 10.3. The molecule has 3 N–H and O–H groups in total. The Kier molecular flexibility index (Phi) is 2.37. The van der Waals surface area contributed by atoms with Crippen LogP contribution in [0, 0.1) is 0 Å². The molecule has 0 saturated heterocycles.